The van der Waals surface area contributed by atoms with Crippen molar-refractivity contribution < 1.29 is 14.3 Å². The van der Waals surface area contributed by atoms with Crippen LogP contribution < -0.4 is 15.4 Å². The van der Waals surface area contributed by atoms with Gasteiger partial charge in [-0.05, 0) is 41.7 Å². The van der Waals surface area contributed by atoms with Crippen molar-refractivity contribution in [3.63, 3.8) is 0 Å². The monoisotopic (exact) mass is 445 g/mol. The summed E-state index contributed by atoms with van der Waals surface area (Å²) >= 11 is 0. The molecule has 2 atom stereocenters. The molecule has 170 valence electrons. The van der Waals surface area contributed by atoms with Crippen molar-refractivity contribution in [3.05, 3.63) is 72.6 Å². The van der Waals surface area contributed by atoms with Gasteiger partial charge in [0.15, 0.2) is 0 Å². The van der Waals surface area contributed by atoms with Crippen LogP contribution >= 0.6 is 0 Å². The number of benzene rings is 2. The van der Waals surface area contributed by atoms with Crippen LogP contribution in [0, 0.1) is 11.3 Å². The van der Waals surface area contributed by atoms with Gasteiger partial charge < -0.3 is 20.1 Å². The molecule has 4 rings (SSSR count). The minimum absolute atomic E-state index is 0.0563. The summed E-state index contributed by atoms with van der Waals surface area (Å²) < 4.78 is 11.0. The Morgan fingerprint density at radius 3 is 2.33 bits per heavy atom. The first-order chi connectivity index (χ1) is 16.0. The maximum atomic E-state index is 11.8. The first-order valence-electron chi connectivity index (χ1n) is 10.8. The van der Waals surface area contributed by atoms with Gasteiger partial charge in [0.25, 0.3) is 0 Å². The molecule has 1 fully saturated rings. The summed E-state index contributed by atoms with van der Waals surface area (Å²) in [6.45, 7) is 1.14. The number of carbonyl (C=O) groups excluding carboxylic acids is 1. The van der Waals surface area contributed by atoms with Crippen LogP contribution in [-0.2, 0) is 9.53 Å². The summed E-state index contributed by atoms with van der Waals surface area (Å²) in [6.07, 6.45) is 4.60. The van der Waals surface area contributed by atoms with Gasteiger partial charge in [0, 0.05) is 24.5 Å². The lowest BCUT2D eigenvalue weighted by Crippen LogP contribution is -2.35. The van der Waals surface area contributed by atoms with Crippen molar-refractivity contribution in [2.75, 3.05) is 25.2 Å². The molecule has 0 bridgehead atoms. The Kier molecular flexibility index (Phi) is 6.83. The number of hydrogen-bond donors (Lipinski definition) is 2. The van der Waals surface area contributed by atoms with Crippen LogP contribution in [0.15, 0.2) is 67.0 Å². The maximum absolute atomic E-state index is 11.8. The molecule has 1 aromatic heterocycles. The van der Waals surface area contributed by atoms with Gasteiger partial charge in [0.1, 0.15) is 18.2 Å². The van der Waals surface area contributed by atoms with Gasteiger partial charge in [-0.25, -0.2) is 9.97 Å². The van der Waals surface area contributed by atoms with E-state index in [0.29, 0.717) is 31.1 Å². The van der Waals surface area contributed by atoms with Crippen molar-refractivity contribution in [2.24, 2.45) is 11.7 Å². The average molecular weight is 446 g/mol. The largest absolute Gasteiger partial charge is 0.491 e. The van der Waals surface area contributed by atoms with Gasteiger partial charge in [-0.1, -0.05) is 36.4 Å². The number of nitrogens with zero attached hydrogens (tertiary/aromatic N) is 3. The quantitative estimate of drug-likeness (QED) is 0.311. The van der Waals surface area contributed by atoms with E-state index < -0.39 is 0 Å². The fourth-order valence-corrected chi connectivity index (χ4v) is 4.10. The second kappa shape index (κ2) is 10.1. The molecule has 0 aliphatic carbocycles. The second-order valence-electron chi connectivity index (χ2n) is 8.06. The minimum atomic E-state index is -0.206. The summed E-state index contributed by atoms with van der Waals surface area (Å²) in [4.78, 5) is 22.7. The number of hydrogen-bond acceptors (Lipinski definition) is 7. The fourth-order valence-electron chi connectivity index (χ4n) is 4.10. The first kappa shape index (κ1) is 22.3. The van der Waals surface area contributed by atoms with Gasteiger partial charge >= 0.3 is 5.97 Å². The predicted octanol–water partition coefficient (Wildman–Crippen LogP) is 3.26. The molecule has 0 unspecified atom stereocenters. The van der Waals surface area contributed by atoms with E-state index in [1.165, 1.54) is 7.11 Å². The molecule has 1 aliphatic rings. The van der Waals surface area contributed by atoms with Gasteiger partial charge in [-0.2, -0.15) is 0 Å². The number of rotatable bonds is 8. The summed E-state index contributed by atoms with van der Waals surface area (Å²) in [5, 5.41) is 7.51. The highest BCUT2D eigenvalue weighted by Crippen LogP contribution is 2.30. The highest BCUT2D eigenvalue weighted by molar-refractivity contribution is 5.95. The summed E-state index contributed by atoms with van der Waals surface area (Å²) in [6, 6.07) is 17.3. The Hall–Kier alpha value is -3.94. The lowest BCUT2D eigenvalue weighted by atomic mass is 10.0. The first-order valence-corrected chi connectivity index (χ1v) is 10.8. The Bertz CT molecular complexity index is 1090. The number of carbonyl (C=O) groups is 1. The third-order valence-corrected chi connectivity index (χ3v) is 5.82. The van der Waals surface area contributed by atoms with Crippen LogP contribution in [0.3, 0.4) is 0 Å². The molecule has 8 heteroatoms. The average Bonchev–Trinajstić information content (AvgIpc) is 3.26. The van der Waals surface area contributed by atoms with Crippen LogP contribution in [-0.4, -0.2) is 48.1 Å². The van der Waals surface area contributed by atoms with Crippen molar-refractivity contribution in [2.45, 2.75) is 18.9 Å². The Labute approximate surface area is 192 Å². The van der Waals surface area contributed by atoms with Crippen LogP contribution in [0.1, 0.15) is 18.4 Å². The Balaban J connectivity index is 1.41. The van der Waals surface area contributed by atoms with E-state index in [4.69, 9.17) is 20.6 Å². The molecule has 2 aromatic carbocycles. The number of ether oxygens (including phenoxy) is 2. The van der Waals surface area contributed by atoms with Crippen LogP contribution in [0.25, 0.3) is 11.1 Å². The van der Waals surface area contributed by atoms with E-state index >= 15 is 0 Å². The number of anilines is 1. The van der Waals surface area contributed by atoms with Crippen molar-refractivity contribution in [1.29, 1.82) is 5.41 Å². The molecule has 0 saturated carbocycles. The van der Waals surface area contributed by atoms with Crippen molar-refractivity contribution in [3.8, 4) is 16.9 Å². The number of esters is 1. The maximum Gasteiger partial charge on any atom is 0.305 e. The molecule has 2 heterocycles. The Morgan fingerprint density at radius 2 is 1.73 bits per heavy atom. The molecule has 33 heavy (non-hydrogen) atoms. The standard InChI is InChI=1S/C25H27N5O3/c1-32-23(31)14-17-13-21(30(15-17)25-28-11-2-12-29-25)16-33-22-9-7-19(8-10-22)18-3-5-20(6-4-18)24(26)27/h2-12,17,21H,13-16H2,1H3,(H3,26,27)/t17-,21-/m0/s1. The van der Waals surface area contributed by atoms with Gasteiger partial charge in [-0.15, -0.1) is 0 Å². The van der Waals surface area contributed by atoms with E-state index in [1.54, 1.807) is 18.5 Å². The van der Waals surface area contributed by atoms with Gasteiger partial charge in [-0.3, -0.25) is 10.2 Å². The SMILES string of the molecule is COC(=O)C[C@@H]1C[C@@H](COc2ccc(-c3ccc(C(=N)N)cc3)cc2)N(c2ncccn2)C1. The third-order valence-electron chi connectivity index (χ3n) is 5.82. The van der Waals surface area contributed by atoms with Crippen LogP contribution in [0.5, 0.6) is 5.75 Å². The Morgan fingerprint density at radius 1 is 1.09 bits per heavy atom. The molecule has 0 spiro atoms. The third kappa shape index (κ3) is 5.46. The zero-order valence-electron chi connectivity index (χ0n) is 18.5. The number of methoxy groups -OCH3 is 1. The summed E-state index contributed by atoms with van der Waals surface area (Å²) in [7, 11) is 1.41. The topological polar surface area (TPSA) is 114 Å². The van der Waals surface area contributed by atoms with Crippen LogP contribution in [0.4, 0.5) is 5.95 Å². The fraction of sp³-hybridized carbons (Fsp3) is 0.280. The molecule has 1 aliphatic heterocycles. The molecule has 0 radical (unpaired) electrons. The molecular weight excluding hydrogens is 418 g/mol. The highest BCUT2D eigenvalue weighted by atomic mass is 16.5. The lowest BCUT2D eigenvalue weighted by molar-refractivity contribution is -0.141. The molecule has 3 aromatic rings. The molecule has 3 N–H and O–H groups in total. The van der Waals surface area contributed by atoms with E-state index in [9.17, 15) is 4.79 Å². The summed E-state index contributed by atoms with van der Waals surface area (Å²) in [5.74, 6) is 1.42. The van der Waals surface area contributed by atoms with E-state index in [1.807, 2.05) is 48.5 Å². The zero-order valence-corrected chi connectivity index (χ0v) is 18.5. The number of nitrogens with two attached hydrogens (primary N) is 1. The second-order valence-corrected chi connectivity index (χ2v) is 8.06. The van der Waals surface area contributed by atoms with Crippen molar-refractivity contribution >= 4 is 17.8 Å². The molecule has 1 saturated heterocycles. The van der Waals surface area contributed by atoms with E-state index in [2.05, 4.69) is 14.9 Å². The highest BCUT2D eigenvalue weighted by Gasteiger charge is 2.35. The van der Waals surface area contributed by atoms with Gasteiger partial charge in [0.2, 0.25) is 5.95 Å². The number of aromatic nitrogens is 2. The minimum Gasteiger partial charge on any atom is -0.491 e. The van der Waals surface area contributed by atoms with E-state index in [-0.39, 0.29) is 23.8 Å². The smallest absolute Gasteiger partial charge is 0.305 e. The number of amidine groups is 1. The summed E-state index contributed by atoms with van der Waals surface area (Å²) in [5.41, 5.74) is 8.32. The predicted molar refractivity (Wildman–Crippen MR) is 126 cm³/mol. The zero-order chi connectivity index (χ0) is 23.2. The van der Waals surface area contributed by atoms with E-state index in [0.717, 1.165) is 23.3 Å². The molecular formula is C25H27N5O3. The van der Waals surface area contributed by atoms with Crippen molar-refractivity contribution in [1.82, 2.24) is 9.97 Å². The number of nitrogens with one attached hydrogen (secondary N) is 1. The lowest BCUT2D eigenvalue weighted by Gasteiger charge is -2.24. The molecule has 8 nitrogen and oxygen atoms in total. The normalized spacial score (nSPS) is 17.5. The van der Waals surface area contributed by atoms with Crippen LogP contribution in [0.2, 0.25) is 0 Å². The molecule has 0 amide bonds. The number of nitrogen functional groups attached to an aromatic ring is 1. The van der Waals surface area contributed by atoms with Gasteiger partial charge in [0.05, 0.1) is 19.6 Å².